The van der Waals surface area contributed by atoms with Crippen LogP contribution < -0.4 is 10.6 Å². The molecule has 1 aromatic rings. The third-order valence-corrected chi connectivity index (χ3v) is 3.38. The number of aryl methyl sites for hydroxylation is 1. The summed E-state index contributed by atoms with van der Waals surface area (Å²) in [6, 6.07) is 4.16. The minimum absolute atomic E-state index is 0.591. The summed E-state index contributed by atoms with van der Waals surface area (Å²) in [6.45, 7) is 3.74. The Morgan fingerprint density at radius 1 is 1.44 bits per heavy atom. The summed E-state index contributed by atoms with van der Waals surface area (Å²) >= 11 is 0. The maximum absolute atomic E-state index is 5.68. The molecule has 0 radical (unpaired) electrons. The van der Waals surface area contributed by atoms with E-state index in [-0.39, 0.29) is 0 Å². The molecule has 2 rings (SSSR count). The zero-order valence-electron chi connectivity index (χ0n) is 10.2. The van der Waals surface area contributed by atoms with E-state index in [1.807, 2.05) is 6.92 Å². The zero-order valence-corrected chi connectivity index (χ0v) is 10.2. The van der Waals surface area contributed by atoms with Crippen LogP contribution in [0.25, 0.3) is 0 Å². The van der Waals surface area contributed by atoms with Gasteiger partial charge in [-0.05, 0) is 43.4 Å². The van der Waals surface area contributed by atoms with Crippen LogP contribution in [0.4, 0.5) is 5.82 Å². The Kier molecular flexibility index (Phi) is 3.44. The van der Waals surface area contributed by atoms with E-state index < -0.39 is 0 Å². The molecule has 3 heteroatoms. The van der Waals surface area contributed by atoms with Gasteiger partial charge in [0.2, 0.25) is 0 Å². The molecule has 1 aromatic heterocycles. The number of hydrogen-bond acceptors (Lipinski definition) is 3. The monoisotopic (exact) mass is 219 g/mol. The lowest BCUT2D eigenvalue weighted by molar-refractivity contribution is 0.321. The molecule has 0 atom stereocenters. The van der Waals surface area contributed by atoms with Gasteiger partial charge in [-0.3, -0.25) is 0 Å². The predicted octanol–water partition coefficient (Wildman–Crippen LogP) is 2.09. The number of anilines is 1. The molecule has 0 bridgehead atoms. The third kappa shape index (κ3) is 2.53. The van der Waals surface area contributed by atoms with Crippen LogP contribution in [0.15, 0.2) is 12.1 Å². The molecule has 1 heterocycles. The van der Waals surface area contributed by atoms with E-state index in [4.69, 9.17) is 5.73 Å². The minimum atomic E-state index is 0.591. The lowest BCUT2D eigenvalue weighted by Crippen LogP contribution is -2.30. The van der Waals surface area contributed by atoms with Crippen LogP contribution in [-0.2, 0) is 6.54 Å². The van der Waals surface area contributed by atoms with Gasteiger partial charge in [0.05, 0.1) is 0 Å². The molecular formula is C13H21N3. The highest BCUT2D eigenvalue weighted by atomic mass is 15.2. The van der Waals surface area contributed by atoms with Crippen LogP contribution in [-0.4, -0.2) is 18.6 Å². The molecule has 0 saturated heterocycles. The highest BCUT2D eigenvalue weighted by Crippen LogP contribution is 2.28. The third-order valence-electron chi connectivity index (χ3n) is 3.38. The van der Waals surface area contributed by atoms with Crippen molar-refractivity contribution in [1.82, 2.24) is 4.98 Å². The van der Waals surface area contributed by atoms with Gasteiger partial charge in [-0.25, -0.2) is 4.98 Å². The topological polar surface area (TPSA) is 42.1 Å². The fourth-order valence-electron chi connectivity index (χ4n) is 2.19. The Labute approximate surface area is 97.7 Å². The molecule has 0 unspecified atom stereocenters. The quantitative estimate of drug-likeness (QED) is 0.843. The molecule has 3 nitrogen and oxygen atoms in total. The summed E-state index contributed by atoms with van der Waals surface area (Å²) in [5, 5.41) is 0. The van der Waals surface area contributed by atoms with Gasteiger partial charge in [-0.15, -0.1) is 0 Å². The van der Waals surface area contributed by atoms with E-state index in [0.717, 1.165) is 24.0 Å². The van der Waals surface area contributed by atoms with E-state index >= 15 is 0 Å². The summed E-state index contributed by atoms with van der Waals surface area (Å²) in [6.07, 6.45) is 4.15. The number of nitrogens with zero attached hydrogens (tertiary/aromatic N) is 2. The Balaban J connectivity index is 2.08. The van der Waals surface area contributed by atoms with E-state index in [0.29, 0.717) is 6.54 Å². The van der Waals surface area contributed by atoms with Crippen molar-refractivity contribution in [2.45, 2.75) is 32.7 Å². The average Bonchev–Trinajstić information content (AvgIpc) is 2.22. The summed E-state index contributed by atoms with van der Waals surface area (Å²) in [7, 11) is 2.13. The lowest BCUT2D eigenvalue weighted by atomic mass is 9.85. The molecular weight excluding hydrogens is 198 g/mol. The van der Waals surface area contributed by atoms with Crippen molar-refractivity contribution >= 4 is 5.82 Å². The normalized spacial score (nSPS) is 15.9. The van der Waals surface area contributed by atoms with Crippen molar-refractivity contribution < 1.29 is 0 Å². The minimum Gasteiger partial charge on any atom is -0.359 e. The van der Waals surface area contributed by atoms with Crippen molar-refractivity contribution in [3.8, 4) is 0 Å². The molecule has 0 aliphatic heterocycles. The average molecular weight is 219 g/mol. The van der Waals surface area contributed by atoms with Crippen LogP contribution in [0.1, 0.15) is 30.5 Å². The Morgan fingerprint density at radius 3 is 2.75 bits per heavy atom. The van der Waals surface area contributed by atoms with Crippen molar-refractivity contribution in [3.63, 3.8) is 0 Å². The fourth-order valence-corrected chi connectivity index (χ4v) is 2.19. The van der Waals surface area contributed by atoms with Gasteiger partial charge in [0.1, 0.15) is 5.82 Å². The summed E-state index contributed by atoms with van der Waals surface area (Å²) < 4.78 is 0. The standard InChI is InChI=1S/C13H21N3/c1-10-6-12(8-14)7-13(15-10)16(2)9-11-4-3-5-11/h6-7,11H,3-5,8-9,14H2,1-2H3. The van der Waals surface area contributed by atoms with Crippen LogP contribution >= 0.6 is 0 Å². The van der Waals surface area contributed by atoms with Gasteiger partial charge in [0.15, 0.2) is 0 Å². The summed E-state index contributed by atoms with van der Waals surface area (Å²) in [4.78, 5) is 6.82. The molecule has 0 amide bonds. The van der Waals surface area contributed by atoms with Crippen LogP contribution in [0.5, 0.6) is 0 Å². The smallest absolute Gasteiger partial charge is 0.128 e. The van der Waals surface area contributed by atoms with Crippen LogP contribution in [0, 0.1) is 12.8 Å². The number of pyridine rings is 1. The van der Waals surface area contributed by atoms with Gasteiger partial charge in [0, 0.05) is 25.8 Å². The van der Waals surface area contributed by atoms with Crippen molar-refractivity contribution in [2.75, 3.05) is 18.5 Å². The number of rotatable bonds is 4. The number of hydrogen-bond donors (Lipinski definition) is 1. The highest BCUT2D eigenvalue weighted by molar-refractivity contribution is 5.42. The molecule has 2 N–H and O–H groups in total. The molecule has 0 spiro atoms. The van der Waals surface area contributed by atoms with E-state index in [1.54, 1.807) is 0 Å². The van der Waals surface area contributed by atoms with Gasteiger partial charge in [0.25, 0.3) is 0 Å². The van der Waals surface area contributed by atoms with E-state index in [9.17, 15) is 0 Å². The van der Waals surface area contributed by atoms with Gasteiger partial charge < -0.3 is 10.6 Å². The number of aromatic nitrogens is 1. The lowest BCUT2D eigenvalue weighted by Gasteiger charge is -2.31. The summed E-state index contributed by atoms with van der Waals surface area (Å²) in [5.41, 5.74) is 7.90. The molecule has 0 aromatic carbocycles. The van der Waals surface area contributed by atoms with Gasteiger partial charge in [-0.1, -0.05) is 6.42 Å². The SMILES string of the molecule is Cc1cc(CN)cc(N(C)CC2CCC2)n1. The molecule has 88 valence electrons. The number of nitrogens with two attached hydrogens (primary N) is 1. The molecule has 1 aliphatic rings. The van der Waals surface area contributed by atoms with Crippen molar-refractivity contribution in [1.29, 1.82) is 0 Å². The van der Waals surface area contributed by atoms with Gasteiger partial charge in [-0.2, -0.15) is 0 Å². The first-order valence-electron chi connectivity index (χ1n) is 6.08. The second-order valence-electron chi connectivity index (χ2n) is 4.86. The van der Waals surface area contributed by atoms with Gasteiger partial charge >= 0.3 is 0 Å². The molecule has 1 saturated carbocycles. The van der Waals surface area contributed by atoms with E-state index in [2.05, 4.69) is 29.1 Å². The van der Waals surface area contributed by atoms with Crippen molar-refractivity contribution in [2.24, 2.45) is 11.7 Å². The predicted molar refractivity (Wildman–Crippen MR) is 67.5 cm³/mol. The maximum atomic E-state index is 5.68. The van der Waals surface area contributed by atoms with E-state index in [1.165, 1.54) is 24.8 Å². The summed E-state index contributed by atoms with van der Waals surface area (Å²) in [5.74, 6) is 1.93. The fraction of sp³-hybridized carbons (Fsp3) is 0.615. The molecule has 1 fully saturated rings. The largest absolute Gasteiger partial charge is 0.359 e. The first-order valence-corrected chi connectivity index (χ1v) is 6.08. The van der Waals surface area contributed by atoms with Crippen molar-refractivity contribution in [3.05, 3.63) is 23.4 Å². The first kappa shape index (κ1) is 11.4. The second-order valence-corrected chi connectivity index (χ2v) is 4.86. The Morgan fingerprint density at radius 2 is 2.19 bits per heavy atom. The Hall–Kier alpha value is -1.09. The zero-order chi connectivity index (χ0) is 11.5. The first-order chi connectivity index (χ1) is 7.69. The molecule has 1 aliphatic carbocycles. The van der Waals surface area contributed by atoms with Crippen LogP contribution in [0.3, 0.4) is 0 Å². The molecule has 16 heavy (non-hydrogen) atoms. The maximum Gasteiger partial charge on any atom is 0.128 e. The van der Waals surface area contributed by atoms with Crippen LogP contribution in [0.2, 0.25) is 0 Å². The Bertz CT molecular complexity index is 358. The second kappa shape index (κ2) is 4.83. The highest BCUT2D eigenvalue weighted by Gasteiger charge is 2.19.